The lowest BCUT2D eigenvalue weighted by molar-refractivity contribution is -0.0364. The van der Waals surface area contributed by atoms with Crippen LogP contribution >= 0.6 is 11.6 Å². The second-order valence-corrected chi connectivity index (χ2v) is 7.90. The SMILES string of the molecule is Cn1c(Nc2cc3n(n2)CCCC3(F)F)nc2ncc(OC(=CN)c3ccccn3)c(Cl)c21. The molecule has 0 spiro atoms. The molecule has 1 aliphatic rings. The zero-order valence-corrected chi connectivity index (χ0v) is 18.2. The van der Waals surface area contributed by atoms with Crippen LogP contribution in [0.4, 0.5) is 20.5 Å². The highest BCUT2D eigenvalue weighted by Crippen LogP contribution is 2.39. The van der Waals surface area contributed by atoms with Crippen LogP contribution in [0.5, 0.6) is 5.75 Å². The summed E-state index contributed by atoms with van der Waals surface area (Å²) in [5, 5.41) is 7.49. The second kappa shape index (κ2) is 8.00. The van der Waals surface area contributed by atoms with Crippen molar-refractivity contribution in [2.24, 2.45) is 12.8 Å². The highest BCUT2D eigenvalue weighted by Gasteiger charge is 2.38. The number of hydrogen-bond acceptors (Lipinski definition) is 7. The lowest BCUT2D eigenvalue weighted by Crippen LogP contribution is -2.25. The molecule has 3 N–H and O–H groups in total. The largest absolute Gasteiger partial charge is 0.450 e. The molecule has 0 bridgehead atoms. The van der Waals surface area contributed by atoms with Gasteiger partial charge in [0.1, 0.15) is 21.9 Å². The van der Waals surface area contributed by atoms with Crippen molar-refractivity contribution in [2.75, 3.05) is 5.32 Å². The third-order valence-corrected chi connectivity index (χ3v) is 5.71. The Morgan fingerprint density at radius 1 is 1.33 bits per heavy atom. The van der Waals surface area contributed by atoms with Crippen molar-refractivity contribution in [3.05, 3.63) is 59.3 Å². The summed E-state index contributed by atoms with van der Waals surface area (Å²) in [6, 6.07) is 6.67. The maximum Gasteiger partial charge on any atom is 0.289 e. The number of aromatic nitrogens is 6. The standard InChI is InChI=1S/C21H19ClF2N8O/c1-31-18-17(22)14(33-13(10-25)12-5-2-3-7-26-12)11-27-19(18)29-20(31)28-16-9-15-21(23,24)6-4-8-32(15)30-16/h2-3,5,7,9-11H,4,6,8,25H2,1H3,(H,27,28,29,30). The molecule has 12 heteroatoms. The Morgan fingerprint density at radius 2 is 2.18 bits per heavy atom. The van der Waals surface area contributed by atoms with E-state index in [1.54, 1.807) is 36.0 Å². The van der Waals surface area contributed by atoms with Gasteiger partial charge in [0.25, 0.3) is 5.92 Å². The molecule has 0 aliphatic carbocycles. The van der Waals surface area contributed by atoms with Crippen molar-refractivity contribution in [3.8, 4) is 5.75 Å². The van der Waals surface area contributed by atoms with Crippen molar-refractivity contribution in [1.29, 1.82) is 0 Å². The summed E-state index contributed by atoms with van der Waals surface area (Å²) >= 11 is 6.61. The first-order valence-corrected chi connectivity index (χ1v) is 10.5. The highest BCUT2D eigenvalue weighted by atomic mass is 35.5. The fraction of sp³-hybridized carbons (Fsp3) is 0.238. The molecule has 0 unspecified atom stereocenters. The summed E-state index contributed by atoms with van der Waals surface area (Å²) in [5.74, 6) is -1.73. The third-order valence-electron chi connectivity index (χ3n) is 5.35. The number of nitrogens with one attached hydrogen (secondary N) is 1. The number of fused-ring (bicyclic) bond motifs is 2. The number of halogens is 3. The van der Waals surface area contributed by atoms with E-state index in [9.17, 15) is 8.78 Å². The van der Waals surface area contributed by atoms with E-state index in [0.29, 0.717) is 41.5 Å². The van der Waals surface area contributed by atoms with E-state index in [0.717, 1.165) is 0 Å². The van der Waals surface area contributed by atoms with Crippen LogP contribution in [0.15, 0.2) is 42.9 Å². The van der Waals surface area contributed by atoms with Gasteiger partial charge in [-0.25, -0.2) is 4.98 Å². The maximum atomic E-state index is 14.2. The van der Waals surface area contributed by atoms with Crippen LogP contribution in [0.2, 0.25) is 5.02 Å². The molecule has 4 aromatic rings. The monoisotopic (exact) mass is 472 g/mol. The van der Waals surface area contributed by atoms with E-state index < -0.39 is 5.92 Å². The van der Waals surface area contributed by atoms with Crippen molar-refractivity contribution in [2.45, 2.75) is 25.3 Å². The number of imidazole rings is 1. The predicted molar refractivity (Wildman–Crippen MR) is 119 cm³/mol. The second-order valence-electron chi connectivity index (χ2n) is 7.52. The Labute approximate surface area is 191 Å². The van der Waals surface area contributed by atoms with E-state index in [-0.39, 0.29) is 28.7 Å². The predicted octanol–water partition coefficient (Wildman–Crippen LogP) is 4.18. The van der Waals surface area contributed by atoms with Gasteiger partial charge in [0.15, 0.2) is 23.0 Å². The van der Waals surface area contributed by atoms with Crippen molar-refractivity contribution in [3.63, 3.8) is 0 Å². The van der Waals surface area contributed by atoms with E-state index >= 15 is 0 Å². The Balaban J connectivity index is 1.47. The Hall–Kier alpha value is -3.73. The normalized spacial score (nSPS) is 15.5. The molecule has 0 radical (unpaired) electrons. The molecule has 0 fully saturated rings. The van der Waals surface area contributed by atoms with E-state index in [1.165, 1.54) is 23.1 Å². The summed E-state index contributed by atoms with van der Waals surface area (Å²) in [6.07, 6.45) is 4.52. The number of nitrogens with zero attached hydrogens (tertiary/aromatic N) is 6. The van der Waals surface area contributed by atoms with Crippen LogP contribution in [0.3, 0.4) is 0 Å². The number of anilines is 2. The lowest BCUT2D eigenvalue weighted by Gasteiger charge is -2.22. The number of rotatable bonds is 5. The van der Waals surface area contributed by atoms with Gasteiger partial charge >= 0.3 is 0 Å². The molecule has 0 saturated carbocycles. The topological polar surface area (TPSA) is 109 Å². The van der Waals surface area contributed by atoms with Gasteiger partial charge in [-0.2, -0.15) is 18.9 Å². The first-order valence-electron chi connectivity index (χ1n) is 10.1. The first kappa shape index (κ1) is 21.1. The van der Waals surface area contributed by atoms with Crippen LogP contribution in [-0.2, 0) is 19.5 Å². The van der Waals surface area contributed by atoms with Crippen LogP contribution in [0.1, 0.15) is 24.2 Å². The summed E-state index contributed by atoms with van der Waals surface area (Å²) in [5.41, 5.74) is 6.97. The smallest absolute Gasteiger partial charge is 0.289 e. The minimum Gasteiger partial charge on any atom is -0.450 e. The fourth-order valence-electron chi connectivity index (χ4n) is 3.73. The van der Waals surface area contributed by atoms with Gasteiger partial charge in [-0.05, 0) is 18.6 Å². The molecule has 4 aromatic heterocycles. The summed E-state index contributed by atoms with van der Waals surface area (Å²) in [6.45, 7) is 0.441. The molecule has 5 rings (SSSR count). The zero-order chi connectivity index (χ0) is 23.2. The molecule has 0 aromatic carbocycles. The van der Waals surface area contributed by atoms with E-state index in [4.69, 9.17) is 22.1 Å². The molecule has 170 valence electrons. The molecular weight excluding hydrogens is 454 g/mol. The number of aryl methyl sites for hydroxylation is 2. The average Bonchev–Trinajstić information content (AvgIpc) is 3.36. The first-order chi connectivity index (χ1) is 15.9. The van der Waals surface area contributed by atoms with Gasteiger partial charge in [-0.15, -0.1) is 0 Å². The molecule has 5 heterocycles. The summed E-state index contributed by atoms with van der Waals surface area (Å²) < 4.78 is 37.2. The van der Waals surface area contributed by atoms with Crippen LogP contribution < -0.4 is 15.8 Å². The van der Waals surface area contributed by atoms with E-state index in [1.807, 2.05) is 0 Å². The highest BCUT2D eigenvalue weighted by molar-refractivity contribution is 6.36. The van der Waals surface area contributed by atoms with Crippen LogP contribution in [0, 0.1) is 0 Å². The number of ether oxygens (including phenoxy) is 1. The summed E-state index contributed by atoms with van der Waals surface area (Å²) in [4.78, 5) is 13.0. The number of alkyl halides is 2. The van der Waals surface area contributed by atoms with Crippen molar-refractivity contribution in [1.82, 2.24) is 29.3 Å². The molecule has 1 aliphatic heterocycles. The van der Waals surface area contributed by atoms with Gasteiger partial charge in [-0.1, -0.05) is 17.7 Å². The molecule has 0 saturated heterocycles. The molecular formula is C21H19ClF2N8O. The van der Waals surface area contributed by atoms with Gasteiger partial charge < -0.3 is 20.4 Å². The Morgan fingerprint density at radius 3 is 2.91 bits per heavy atom. The maximum absolute atomic E-state index is 14.2. The van der Waals surface area contributed by atoms with Crippen molar-refractivity contribution >= 4 is 40.3 Å². The number of hydrogen-bond donors (Lipinski definition) is 2. The molecule has 0 amide bonds. The fourth-order valence-corrected chi connectivity index (χ4v) is 4.03. The third kappa shape index (κ3) is 3.74. The van der Waals surface area contributed by atoms with Crippen molar-refractivity contribution < 1.29 is 13.5 Å². The van der Waals surface area contributed by atoms with Gasteiger partial charge in [0.05, 0.1) is 6.20 Å². The minimum atomic E-state index is -2.91. The zero-order valence-electron chi connectivity index (χ0n) is 17.5. The van der Waals surface area contributed by atoms with Crippen LogP contribution in [0.25, 0.3) is 16.9 Å². The van der Waals surface area contributed by atoms with Gasteiger partial charge in [0, 0.05) is 38.5 Å². The molecule has 9 nitrogen and oxygen atoms in total. The lowest BCUT2D eigenvalue weighted by atomic mass is 10.1. The number of nitrogens with two attached hydrogens (primary N) is 1. The van der Waals surface area contributed by atoms with Crippen LogP contribution in [-0.4, -0.2) is 29.3 Å². The average molecular weight is 473 g/mol. The summed E-state index contributed by atoms with van der Waals surface area (Å²) in [7, 11) is 1.72. The molecule has 0 atom stereocenters. The van der Waals surface area contributed by atoms with E-state index in [2.05, 4.69) is 25.4 Å². The van der Waals surface area contributed by atoms with Gasteiger partial charge in [0.2, 0.25) is 5.95 Å². The molecule has 33 heavy (non-hydrogen) atoms. The minimum absolute atomic E-state index is 0.113. The quantitative estimate of drug-likeness (QED) is 0.419. The Bertz CT molecular complexity index is 1370. The Kier molecular flexibility index (Phi) is 5.12. The number of pyridine rings is 2. The van der Waals surface area contributed by atoms with Gasteiger partial charge in [-0.3, -0.25) is 9.67 Å².